The van der Waals surface area contributed by atoms with Gasteiger partial charge in [-0.2, -0.15) is 11.8 Å². The fourth-order valence-corrected chi connectivity index (χ4v) is 3.69. The fourth-order valence-electron chi connectivity index (χ4n) is 2.26. The molecule has 1 saturated carbocycles. The van der Waals surface area contributed by atoms with Crippen LogP contribution in [-0.2, 0) is 0 Å². The molecule has 3 heteroatoms. The Balaban J connectivity index is 2.15. The average Bonchev–Trinajstić information content (AvgIpc) is 2.66. The van der Waals surface area contributed by atoms with Gasteiger partial charge in [0, 0.05) is 10.8 Å². The van der Waals surface area contributed by atoms with Gasteiger partial charge in [0.2, 0.25) is 0 Å². The molecule has 2 unspecified atom stereocenters. The number of aliphatic hydroxyl groups excluding tert-OH is 1. The van der Waals surface area contributed by atoms with Crippen molar-refractivity contribution in [2.45, 2.75) is 56.7 Å². The molecule has 0 bridgehead atoms. The van der Waals surface area contributed by atoms with Gasteiger partial charge in [-0.3, -0.25) is 0 Å². The zero-order valence-electron chi connectivity index (χ0n) is 10.0. The van der Waals surface area contributed by atoms with E-state index < -0.39 is 5.54 Å². The molecule has 0 radical (unpaired) electrons. The third-order valence-electron chi connectivity index (χ3n) is 3.21. The number of hydrogen-bond acceptors (Lipinski definition) is 3. The van der Waals surface area contributed by atoms with Crippen molar-refractivity contribution >= 4 is 11.8 Å². The molecule has 15 heavy (non-hydrogen) atoms. The van der Waals surface area contributed by atoms with Crippen LogP contribution in [0.2, 0.25) is 0 Å². The van der Waals surface area contributed by atoms with Crippen LogP contribution in [0.15, 0.2) is 0 Å². The Morgan fingerprint density at radius 1 is 1.47 bits per heavy atom. The van der Waals surface area contributed by atoms with E-state index in [-0.39, 0.29) is 6.61 Å². The molecule has 1 aliphatic rings. The second-order valence-electron chi connectivity index (χ2n) is 5.31. The van der Waals surface area contributed by atoms with Gasteiger partial charge in [0.25, 0.3) is 0 Å². The molecule has 3 N–H and O–H groups in total. The lowest BCUT2D eigenvalue weighted by Gasteiger charge is -2.26. The van der Waals surface area contributed by atoms with Crippen molar-refractivity contribution in [1.29, 1.82) is 0 Å². The Labute approximate surface area is 98.0 Å². The Morgan fingerprint density at radius 2 is 2.07 bits per heavy atom. The summed E-state index contributed by atoms with van der Waals surface area (Å²) in [7, 11) is 0. The van der Waals surface area contributed by atoms with E-state index in [0.29, 0.717) is 5.25 Å². The van der Waals surface area contributed by atoms with Gasteiger partial charge in [-0.1, -0.05) is 19.8 Å². The number of nitrogens with two attached hydrogens (primary N) is 1. The van der Waals surface area contributed by atoms with E-state index in [2.05, 4.69) is 6.92 Å². The lowest BCUT2D eigenvalue weighted by Crippen LogP contribution is -2.42. The van der Waals surface area contributed by atoms with Gasteiger partial charge >= 0.3 is 0 Å². The minimum Gasteiger partial charge on any atom is -0.394 e. The van der Waals surface area contributed by atoms with E-state index >= 15 is 0 Å². The molecular formula is C12H25NOS. The number of hydrogen-bond donors (Lipinski definition) is 2. The maximum atomic E-state index is 9.09. The van der Waals surface area contributed by atoms with Crippen LogP contribution in [0.3, 0.4) is 0 Å². The van der Waals surface area contributed by atoms with Crippen LogP contribution >= 0.6 is 11.8 Å². The van der Waals surface area contributed by atoms with Gasteiger partial charge in [0.1, 0.15) is 0 Å². The summed E-state index contributed by atoms with van der Waals surface area (Å²) in [5, 5.41) is 9.65. The molecular weight excluding hydrogens is 206 g/mol. The minimum atomic E-state index is -0.401. The molecule has 0 aliphatic heterocycles. The van der Waals surface area contributed by atoms with Crippen molar-refractivity contribution in [2.24, 2.45) is 11.7 Å². The van der Waals surface area contributed by atoms with E-state index in [9.17, 15) is 0 Å². The zero-order valence-corrected chi connectivity index (χ0v) is 10.9. The third-order valence-corrected chi connectivity index (χ3v) is 4.61. The number of rotatable bonds is 6. The van der Waals surface area contributed by atoms with Crippen LogP contribution in [0.25, 0.3) is 0 Å². The molecule has 2 atom stereocenters. The van der Waals surface area contributed by atoms with Crippen molar-refractivity contribution in [2.75, 3.05) is 12.4 Å². The van der Waals surface area contributed by atoms with Crippen molar-refractivity contribution < 1.29 is 5.11 Å². The Kier molecular flexibility index (Phi) is 5.44. The van der Waals surface area contributed by atoms with E-state index in [1.807, 2.05) is 18.7 Å². The number of thioether (sulfide) groups is 1. The van der Waals surface area contributed by atoms with Crippen LogP contribution in [0.1, 0.15) is 46.0 Å². The lowest BCUT2D eigenvalue weighted by atomic mass is 9.99. The predicted octanol–water partition coefficient (Wildman–Crippen LogP) is 2.40. The van der Waals surface area contributed by atoms with Crippen molar-refractivity contribution in [3.05, 3.63) is 0 Å². The first-order chi connectivity index (χ1) is 7.03. The third kappa shape index (κ3) is 5.23. The van der Waals surface area contributed by atoms with E-state index in [1.165, 1.54) is 31.4 Å². The fraction of sp³-hybridized carbons (Fsp3) is 1.00. The van der Waals surface area contributed by atoms with E-state index in [0.717, 1.165) is 12.3 Å². The molecule has 2 nitrogen and oxygen atoms in total. The highest BCUT2D eigenvalue weighted by atomic mass is 32.2. The molecule has 0 saturated heterocycles. The molecule has 0 aromatic rings. The van der Waals surface area contributed by atoms with Gasteiger partial charge in [0.05, 0.1) is 6.61 Å². The van der Waals surface area contributed by atoms with Crippen LogP contribution in [-0.4, -0.2) is 28.3 Å². The maximum absolute atomic E-state index is 9.09. The standard InChI is InChI=1S/C12H25NOS/c1-10(7-12(2,13)9-14)15-8-11-5-3-4-6-11/h10-11,14H,3-9,13H2,1-2H3. The summed E-state index contributed by atoms with van der Waals surface area (Å²) in [6, 6.07) is 0. The highest BCUT2D eigenvalue weighted by Crippen LogP contribution is 2.30. The predicted molar refractivity (Wildman–Crippen MR) is 68.2 cm³/mol. The van der Waals surface area contributed by atoms with Crippen LogP contribution in [0, 0.1) is 5.92 Å². The highest BCUT2D eigenvalue weighted by molar-refractivity contribution is 7.99. The molecule has 0 aromatic carbocycles. The second kappa shape index (κ2) is 6.12. The monoisotopic (exact) mass is 231 g/mol. The Bertz CT molecular complexity index is 178. The van der Waals surface area contributed by atoms with E-state index in [4.69, 9.17) is 10.8 Å². The maximum Gasteiger partial charge on any atom is 0.0608 e. The minimum absolute atomic E-state index is 0.0847. The summed E-state index contributed by atoms with van der Waals surface area (Å²) in [5.74, 6) is 2.22. The van der Waals surface area contributed by atoms with Gasteiger partial charge in [-0.25, -0.2) is 0 Å². The molecule has 90 valence electrons. The van der Waals surface area contributed by atoms with Gasteiger partial charge in [-0.15, -0.1) is 0 Å². The molecule has 1 fully saturated rings. The molecule has 1 rings (SSSR count). The first-order valence-electron chi connectivity index (χ1n) is 6.05. The van der Waals surface area contributed by atoms with Crippen molar-refractivity contribution in [3.63, 3.8) is 0 Å². The highest BCUT2D eigenvalue weighted by Gasteiger charge is 2.22. The lowest BCUT2D eigenvalue weighted by molar-refractivity contribution is 0.201. The zero-order chi connectivity index (χ0) is 11.3. The van der Waals surface area contributed by atoms with Crippen molar-refractivity contribution in [1.82, 2.24) is 0 Å². The van der Waals surface area contributed by atoms with Gasteiger partial charge in [0.15, 0.2) is 0 Å². The largest absolute Gasteiger partial charge is 0.394 e. The van der Waals surface area contributed by atoms with Gasteiger partial charge in [-0.05, 0) is 37.9 Å². The summed E-state index contributed by atoms with van der Waals surface area (Å²) in [6.45, 7) is 4.24. The first kappa shape index (κ1) is 13.3. The van der Waals surface area contributed by atoms with Crippen LogP contribution in [0.4, 0.5) is 0 Å². The summed E-state index contributed by atoms with van der Waals surface area (Å²) < 4.78 is 0. The molecule has 0 amide bonds. The smallest absolute Gasteiger partial charge is 0.0608 e. The van der Waals surface area contributed by atoms with Gasteiger partial charge < -0.3 is 10.8 Å². The van der Waals surface area contributed by atoms with Crippen LogP contribution in [0.5, 0.6) is 0 Å². The molecule has 0 aromatic heterocycles. The summed E-state index contributed by atoms with van der Waals surface area (Å²) in [6.07, 6.45) is 6.58. The molecule has 0 heterocycles. The SMILES string of the molecule is CC(CC(C)(N)CO)SCC1CCCC1. The Morgan fingerprint density at radius 3 is 2.60 bits per heavy atom. The van der Waals surface area contributed by atoms with Crippen LogP contribution < -0.4 is 5.73 Å². The van der Waals surface area contributed by atoms with Crippen molar-refractivity contribution in [3.8, 4) is 0 Å². The average molecular weight is 231 g/mol. The first-order valence-corrected chi connectivity index (χ1v) is 7.10. The van der Waals surface area contributed by atoms with E-state index in [1.54, 1.807) is 0 Å². The summed E-state index contributed by atoms with van der Waals surface area (Å²) >= 11 is 2.02. The topological polar surface area (TPSA) is 46.2 Å². The number of aliphatic hydroxyl groups is 1. The summed E-state index contributed by atoms with van der Waals surface area (Å²) in [5.41, 5.74) is 5.54. The molecule has 1 aliphatic carbocycles. The normalized spacial score (nSPS) is 24.0. The quantitative estimate of drug-likeness (QED) is 0.738. The summed E-state index contributed by atoms with van der Waals surface area (Å²) in [4.78, 5) is 0. The second-order valence-corrected chi connectivity index (χ2v) is 6.78. The Hall–Kier alpha value is 0.270. The molecule has 0 spiro atoms.